The summed E-state index contributed by atoms with van der Waals surface area (Å²) < 4.78 is 44.6. The van der Waals surface area contributed by atoms with Gasteiger partial charge in [0.05, 0.1) is 41.3 Å². The second-order valence-electron chi connectivity index (χ2n) is 15.7. The molecule has 3 atom stereocenters. The maximum absolute atomic E-state index is 15.6. The number of ether oxygens (including phenoxy) is 2. The van der Waals surface area contributed by atoms with Gasteiger partial charge in [0, 0.05) is 87.9 Å². The van der Waals surface area contributed by atoms with E-state index in [9.17, 15) is 19.2 Å². The molecule has 302 valence electrons. The number of carbonyl (C=O) groups is 4. The van der Waals surface area contributed by atoms with Crippen molar-refractivity contribution in [2.45, 2.75) is 39.8 Å². The van der Waals surface area contributed by atoms with Crippen molar-refractivity contribution in [3.05, 3.63) is 76.5 Å². The number of nitrogens with zero attached hydrogens (tertiary/aromatic N) is 7. The molecule has 3 fully saturated rings. The van der Waals surface area contributed by atoms with Crippen LogP contribution in [0.4, 0.5) is 19.3 Å². The number of methoxy groups -OCH3 is 1. The lowest BCUT2D eigenvalue weighted by Gasteiger charge is -2.35. The normalized spacial score (nSPS) is 19.1. The number of aryl methyl sites for hydroxylation is 1. The van der Waals surface area contributed by atoms with Crippen molar-refractivity contribution >= 4 is 41.1 Å². The summed E-state index contributed by atoms with van der Waals surface area (Å²) in [6.07, 6.45) is 2.58. The molecular weight excluding hydrogens is 762 g/mol. The van der Waals surface area contributed by atoms with E-state index in [1.54, 1.807) is 45.7 Å². The predicted molar refractivity (Wildman–Crippen MR) is 207 cm³/mol. The van der Waals surface area contributed by atoms with Crippen LogP contribution in [0.15, 0.2) is 42.7 Å². The molecule has 2 aromatic heterocycles. The number of fused-ring (bicyclic) bond motifs is 1. The Bertz CT molecular complexity index is 2230. The van der Waals surface area contributed by atoms with Gasteiger partial charge in [-0.25, -0.2) is 18.6 Å². The Labute approximate surface area is 333 Å². The molecule has 1 saturated carbocycles. The Hall–Kier alpha value is -5.35. The van der Waals surface area contributed by atoms with Crippen LogP contribution in [-0.4, -0.2) is 116 Å². The van der Waals surface area contributed by atoms with Crippen molar-refractivity contribution in [3.8, 4) is 22.4 Å². The fourth-order valence-electron chi connectivity index (χ4n) is 7.74. The van der Waals surface area contributed by atoms with Crippen LogP contribution in [0.25, 0.3) is 22.4 Å². The summed E-state index contributed by atoms with van der Waals surface area (Å²) in [5.41, 5.74) is 1.11. The standard InChI is InChI=1S/C40H45ClF2N8O6/c1-22-27(21-51(46-22)15-16-56-6)24-9-10-26(34(43)33(24)42)31-18-44-35(47(31)5)36(52)45-23-7-8-25(30(41)17-23)37(53)48-11-13-49(14-12-48)38(54)32-28-19-50(20-29(28)32)39(55)57-40(2,3)4/h7-10,17-18,21,28-29,32H,11-16,19-20H2,1-6H3,(H,45,52)/t28-,29+,32?. The lowest BCUT2D eigenvalue weighted by atomic mass is 10.0. The maximum atomic E-state index is 15.6. The second-order valence-corrected chi connectivity index (χ2v) is 16.1. The Morgan fingerprint density at radius 3 is 2.23 bits per heavy atom. The topological polar surface area (TPSA) is 144 Å². The smallest absolute Gasteiger partial charge is 0.410 e. The number of benzene rings is 2. The van der Waals surface area contributed by atoms with Gasteiger partial charge < -0.3 is 34.1 Å². The highest BCUT2D eigenvalue weighted by Crippen LogP contribution is 2.53. The molecule has 57 heavy (non-hydrogen) atoms. The van der Waals surface area contributed by atoms with Gasteiger partial charge in [0.25, 0.3) is 11.8 Å². The molecule has 2 aliphatic heterocycles. The molecule has 0 radical (unpaired) electrons. The van der Waals surface area contributed by atoms with Crippen molar-refractivity contribution in [1.29, 1.82) is 0 Å². The molecule has 14 nitrogen and oxygen atoms in total. The van der Waals surface area contributed by atoms with Crippen molar-refractivity contribution in [3.63, 3.8) is 0 Å². The summed E-state index contributed by atoms with van der Waals surface area (Å²) in [5, 5.41) is 7.19. The summed E-state index contributed by atoms with van der Waals surface area (Å²) >= 11 is 6.55. The summed E-state index contributed by atoms with van der Waals surface area (Å²) in [7, 11) is 3.09. The first-order valence-electron chi connectivity index (χ1n) is 18.8. The van der Waals surface area contributed by atoms with E-state index in [1.807, 2.05) is 20.8 Å². The van der Waals surface area contributed by atoms with Crippen molar-refractivity contribution in [2.24, 2.45) is 24.8 Å². The van der Waals surface area contributed by atoms with Crippen molar-refractivity contribution in [2.75, 3.05) is 58.3 Å². The lowest BCUT2D eigenvalue weighted by Crippen LogP contribution is -2.51. The first-order chi connectivity index (χ1) is 27.1. The number of imidazole rings is 1. The molecule has 1 aliphatic carbocycles. The average molecular weight is 807 g/mol. The van der Waals surface area contributed by atoms with E-state index in [1.165, 1.54) is 42.1 Å². The van der Waals surface area contributed by atoms with E-state index in [4.69, 9.17) is 21.1 Å². The summed E-state index contributed by atoms with van der Waals surface area (Å²) in [5.74, 6) is -2.94. The van der Waals surface area contributed by atoms with Crippen LogP contribution >= 0.6 is 11.6 Å². The highest BCUT2D eigenvalue weighted by atomic mass is 35.5. The van der Waals surface area contributed by atoms with Crippen LogP contribution < -0.4 is 5.32 Å². The summed E-state index contributed by atoms with van der Waals surface area (Å²) in [6.45, 7) is 10.5. The van der Waals surface area contributed by atoms with Crippen LogP contribution in [0.3, 0.4) is 0 Å². The number of hydrogen-bond acceptors (Lipinski definition) is 8. The van der Waals surface area contributed by atoms with Crippen LogP contribution in [0.2, 0.25) is 5.02 Å². The van der Waals surface area contributed by atoms with E-state index in [0.717, 1.165) is 0 Å². The van der Waals surface area contributed by atoms with Gasteiger partial charge in [0.15, 0.2) is 17.5 Å². The number of anilines is 1. The molecule has 4 amide bonds. The SMILES string of the molecule is COCCn1cc(-c2ccc(-c3cnc(C(=O)Nc4ccc(C(=O)N5CCN(C(=O)C6[C@H]7CN(C(=O)OC(C)(C)C)C[C@@H]67)CC5)c(Cl)c4)n3C)c(F)c2F)c(C)n1. The Morgan fingerprint density at radius 1 is 0.930 bits per heavy atom. The third-order valence-corrected chi connectivity index (χ3v) is 11.1. The number of piperazine rings is 1. The van der Waals surface area contributed by atoms with Gasteiger partial charge in [0.2, 0.25) is 5.91 Å². The number of rotatable bonds is 9. The first-order valence-corrected chi connectivity index (χ1v) is 19.1. The number of hydrogen-bond donors (Lipinski definition) is 1. The molecule has 0 bridgehead atoms. The maximum Gasteiger partial charge on any atom is 0.410 e. The van der Waals surface area contributed by atoms with Crippen LogP contribution in [0, 0.1) is 36.3 Å². The van der Waals surface area contributed by atoms with Gasteiger partial charge in [-0.05, 0) is 63.8 Å². The Kier molecular flexibility index (Phi) is 10.9. The summed E-state index contributed by atoms with van der Waals surface area (Å²) in [4.78, 5) is 61.8. The molecule has 2 saturated heterocycles. The van der Waals surface area contributed by atoms with Gasteiger partial charge in [-0.1, -0.05) is 17.7 Å². The first kappa shape index (κ1) is 39.9. The van der Waals surface area contributed by atoms with E-state index < -0.39 is 23.1 Å². The Balaban J connectivity index is 0.938. The van der Waals surface area contributed by atoms with Gasteiger partial charge in [-0.2, -0.15) is 5.10 Å². The van der Waals surface area contributed by atoms with Crippen LogP contribution in [0.1, 0.15) is 47.4 Å². The molecule has 3 aliphatic rings. The minimum atomic E-state index is -1.09. The molecule has 4 aromatic rings. The third kappa shape index (κ3) is 7.97. The van der Waals surface area contributed by atoms with Gasteiger partial charge in [0.1, 0.15) is 5.60 Å². The molecule has 4 heterocycles. The fraction of sp³-hybridized carbons (Fsp3) is 0.450. The average Bonchev–Trinajstić information content (AvgIpc) is 3.46. The van der Waals surface area contributed by atoms with Crippen LogP contribution in [-0.2, 0) is 27.9 Å². The molecule has 0 spiro atoms. The Morgan fingerprint density at radius 2 is 1.58 bits per heavy atom. The highest BCUT2D eigenvalue weighted by molar-refractivity contribution is 6.34. The molecule has 7 rings (SSSR count). The number of piperidine rings is 1. The minimum Gasteiger partial charge on any atom is -0.444 e. The van der Waals surface area contributed by atoms with Crippen LogP contribution in [0.5, 0.6) is 0 Å². The van der Waals surface area contributed by atoms with E-state index in [0.29, 0.717) is 69.4 Å². The molecule has 17 heteroatoms. The summed E-state index contributed by atoms with van der Waals surface area (Å²) in [6, 6.07) is 7.42. The van der Waals surface area contributed by atoms with Crippen molar-refractivity contribution in [1.82, 2.24) is 34.0 Å². The largest absolute Gasteiger partial charge is 0.444 e. The third-order valence-electron chi connectivity index (χ3n) is 10.8. The zero-order valence-corrected chi connectivity index (χ0v) is 33.4. The monoisotopic (exact) mass is 806 g/mol. The zero-order chi connectivity index (χ0) is 40.9. The number of nitrogens with one attached hydrogen (secondary N) is 1. The number of likely N-dealkylation sites (tertiary alicyclic amines) is 1. The number of carbonyl (C=O) groups excluding carboxylic acids is 4. The van der Waals surface area contributed by atoms with E-state index in [-0.39, 0.29) is 68.9 Å². The van der Waals surface area contributed by atoms with E-state index >= 15 is 8.78 Å². The van der Waals surface area contributed by atoms with Gasteiger partial charge in [-0.3, -0.25) is 19.1 Å². The number of halogens is 3. The van der Waals surface area contributed by atoms with Gasteiger partial charge in [-0.15, -0.1) is 0 Å². The zero-order valence-electron chi connectivity index (χ0n) is 32.6. The molecular formula is C40H45ClF2N8O6. The highest BCUT2D eigenvalue weighted by Gasteiger charge is 2.61. The molecule has 1 N–H and O–H groups in total. The number of aromatic nitrogens is 4. The lowest BCUT2D eigenvalue weighted by molar-refractivity contribution is -0.135. The minimum absolute atomic E-state index is 0.0555. The van der Waals surface area contributed by atoms with E-state index in [2.05, 4.69) is 15.4 Å². The molecule has 1 unspecified atom stereocenters. The quantitative estimate of drug-likeness (QED) is 0.234. The fourth-order valence-corrected chi connectivity index (χ4v) is 8.00. The van der Waals surface area contributed by atoms with Crippen molar-refractivity contribution < 1.29 is 37.4 Å². The molecule has 2 aromatic carbocycles. The second kappa shape index (κ2) is 15.5. The predicted octanol–water partition coefficient (Wildman–Crippen LogP) is 5.49. The van der Waals surface area contributed by atoms with Gasteiger partial charge >= 0.3 is 6.09 Å². The number of amides is 4.